The van der Waals surface area contributed by atoms with Crippen molar-refractivity contribution in [3.63, 3.8) is 0 Å². The van der Waals surface area contributed by atoms with Crippen molar-refractivity contribution >= 4 is 17.6 Å². The van der Waals surface area contributed by atoms with E-state index in [1.165, 1.54) is 10.5 Å². The Bertz CT molecular complexity index is 582. The Balaban J connectivity index is 2.09. The Morgan fingerprint density at radius 3 is 2.65 bits per heavy atom. The molecule has 20 heavy (non-hydrogen) atoms. The molecule has 2 aromatic rings. The Morgan fingerprint density at radius 1 is 1.20 bits per heavy atom. The van der Waals surface area contributed by atoms with E-state index in [1.807, 2.05) is 6.07 Å². The fourth-order valence-corrected chi connectivity index (χ4v) is 2.91. The molecule has 2 N–H and O–H groups in total. The van der Waals surface area contributed by atoms with Crippen molar-refractivity contribution in [2.75, 3.05) is 5.73 Å². The summed E-state index contributed by atoms with van der Waals surface area (Å²) < 4.78 is 0. The summed E-state index contributed by atoms with van der Waals surface area (Å²) in [5, 5.41) is 0. The van der Waals surface area contributed by atoms with Crippen LogP contribution >= 0.6 is 11.8 Å². The minimum absolute atomic E-state index is 0.566. The monoisotopic (exact) mass is 287 g/mol. The molecule has 0 radical (unpaired) electrons. The second kappa shape index (κ2) is 6.75. The lowest BCUT2D eigenvalue weighted by Gasteiger charge is -2.08. The average molecular weight is 287 g/mol. The zero-order chi connectivity index (χ0) is 14.5. The third-order valence-corrected chi connectivity index (χ3v) is 4.08. The number of rotatable bonds is 5. The summed E-state index contributed by atoms with van der Waals surface area (Å²) in [5.74, 6) is 2.70. The van der Waals surface area contributed by atoms with Crippen molar-refractivity contribution in [3.05, 3.63) is 47.4 Å². The molecule has 0 atom stereocenters. The molecule has 4 heteroatoms. The van der Waals surface area contributed by atoms with E-state index in [9.17, 15) is 0 Å². The van der Waals surface area contributed by atoms with E-state index < -0.39 is 0 Å². The van der Waals surface area contributed by atoms with E-state index in [-0.39, 0.29) is 0 Å². The van der Waals surface area contributed by atoms with E-state index in [2.05, 4.69) is 55.0 Å². The summed E-state index contributed by atoms with van der Waals surface area (Å²) in [6.07, 6.45) is 0.939. The minimum atomic E-state index is 0.566. The first kappa shape index (κ1) is 14.9. The van der Waals surface area contributed by atoms with Gasteiger partial charge in [0.1, 0.15) is 11.6 Å². The van der Waals surface area contributed by atoms with Gasteiger partial charge in [0.2, 0.25) is 0 Å². The Morgan fingerprint density at radius 2 is 1.95 bits per heavy atom. The number of thioether (sulfide) groups is 1. The third kappa shape index (κ3) is 4.23. The van der Waals surface area contributed by atoms with Crippen LogP contribution in [0.3, 0.4) is 0 Å². The summed E-state index contributed by atoms with van der Waals surface area (Å²) >= 11 is 1.76. The van der Waals surface area contributed by atoms with Crippen LogP contribution in [0.4, 0.5) is 5.82 Å². The van der Waals surface area contributed by atoms with Gasteiger partial charge in [-0.15, -0.1) is 11.8 Å². The normalized spacial score (nSPS) is 11.0. The van der Waals surface area contributed by atoms with Gasteiger partial charge in [0.05, 0.1) is 5.75 Å². The number of nitrogens with two attached hydrogens (primary N) is 1. The molecular weight excluding hydrogens is 266 g/mol. The summed E-state index contributed by atoms with van der Waals surface area (Å²) in [5.41, 5.74) is 8.19. The molecular formula is C16H21N3S. The zero-order valence-corrected chi connectivity index (χ0v) is 13.1. The summed E-state index contributed by atoms with van der Waals surface area (Å²) in [6.45, 7) is 6.48. The molecule has 106 valence electrons. The molecule has 0 saturated carbocycles. The highest BCUT2D eigenvalue weighted by molar-refractivity contribution is 7.98. The Kier molecular flexibility index (Phi) is 5.01. The molecule has 0 saturated heterocycles. The summed E-state index contributed by atoms with van der Waals surface area (Å²) in [7, 11) is 0. The fraction of sp³-hybridized carbons (Fsp3) is 0.375. The summed E-state index contributed by atoms with van der Waals surface area (Å²) in [4.78, 5) is 10.2. The lowest BCUT2D eigenvalue weighted by Crippen LogP contribution is -2.05. The first-order valence-electron chi connectivity index (χ1n) is 6.85. The van der Waals surface area contributed by atoms with Gasteiger partial charge in [0, 0.05) is 16.7 Å². The average Bonchev–Trinajstić information content (AvgIpc) is 2.36. The molecule has 3 nitrogen and oxygen atoms in total. The molecule has 0 bridgehead atoms. The maximum atomic E-state index is 5.87. The van der Waals surface area contributed by atoms with Crippen LogP contribution in [0.5, 0.6) is 0 Å². The van der Waals surface area contributed by atoms with Crippen LogP contribution in [-0.4, -0.2) is 9.97 Å². The lowest BCUT2D eigenvalue weighted by molar-refractivity contribution is 0.632. The van der Waals surface area contributed by atoms with E-state index >= 15 is 0 Å². The Hall–Kier alpha value is -1.55. The maximum absolute atomic E-state index is 5.87. The highest BCUT2D eigenvalue weighted by Crippen LogP contribution is 2.25. The van der Waals surface area contributed by atoms with Crippen LogP contribution in [0.2, 0.25) is 0 Å². The fourth-order valence-electron chi connectivity index (χ4n) is 2.02. The van der Waals surface area contributed by atoms with Crippen molar-refractivity contribution in [1.82, 2.24) is 9.97 Å². The molecule has 1 heterocycles. The number of aryl methyl sites for hydroxylation is 1. The van der Waals surface area contributed by atoms with Gasteiger partial charge in [-0.3, -0.25) is 0 Å². The molecule has 0 fully saturated rings. The second-order valence-electron chi connectivity index (χ2n) is 5.35. The first-order chi connectivity index (χ1) is 9.54. The van der Waals surface area contributed by atoms with Crippen LogP contribution in [-0.2, 0) is 12.2 Å². The van der Waals surface area contributed by atoms with Gasteiger partial charge >= 0.3 is 0 Å². The number of anilines is 1. The molecule has 1 aromatic heterocycles. The van der Waals surface area contributed by atoms with E-state index in [0.29, 0.717) is 11.7 Å². The van der Waals surface area contributed by atoms with Crippen LogP contribution in [0.25, 0.3) is 0 Å². The van der Waals surface area contributed by atoms with Gasteiger partial charge in [-0.1, -0.05) is 32.0 Å². The smallest absolute Gasteiger partial charge is 0.141 e. The quantitative estimate of drug-likeness (QED) is 0.848. The minimum Gasteiger partial charge on any atom is -0.384 e. The SMILES string of the molecule is Cc1ccccc1SCc1nc(N)cc(CC(C)C)n1. The number of nitrogen functional groups attached to an aromatic ring is 1. The molecule has 0 aliphatic carbocycles. The largest absolute Gasteiger partial charge is 0.384 e. The Labute approximate surface area is 125 Å². The zero-order valence-electron chi connectivity index (χ0n) is 12.3. The number of hydrogen-bond donors (Lipinski definition) is 1. The van der Waals surface area contributed by atoms with Crippen LogP contribution in [0.15, 0.2) is 35.2 Å². The first-order valence-corrected chi connectivity index (χ1v) is 7.84. The van der Waals surface area contributed by atoms with Crippen LogP contribution in [0, 0.1) is 12.8 Å². The van der Waals surface area contributed by atoms with Crippen molar-refractivity contribution in [1.29, 1.82) is 0 Å². The molecule has 0 aliphatic rings. The predicted octanol–water partition coefficient (Wildman–Crippen LogP) is 3.86. The summed E-state index contributed by atoms with van der Waals surface area (Å²) in [6, 6.07) is 10.2. The molecule has 0 aliphatic heterocycles. The third-order valence-electron chi connectivity index (χ3n) is 2.91. The van der Waals surface area contributed by atoms with Gasteiger partial charge in [0.25, 0.3) is 0 Å². The van der Waals surface area contributed by atoms with Gasteiger partial charge in [0.15, 0.2) is 0 Å². The molecule has 2 rings (SSSR count). The van der Waals surface area contributed by atoms with Crippen LogP contribution < -0.4 is 5.73 Å². The van der Waals surface area contributed by atoms with E-state index in [0.717, 1.165) is 23.7 Å². The van der Waals surface area contributed by atoms with Gasteiger partial charge in [-0.25, -0.2) is 9.97 Å². The van der Waals surface area contributed by atoms with Crippen LogP contribution in [0.1, 0.15) is 30.9 Å². The van der Waals surface area contributed by atoms with Gasteiger partial charge in [-0.05, 0) is 30.9 Å². The van der Waals surface area contributed by atoms with Crippen molar-refractivity contribution in [3.8, 4) is 0 Å². The lowest BCUT2D eigenvalue weighted by atomic mass is 10.1. The predicted molar refractivity (Wildman–Crippen MR) is 85.7 cm³/mol. The number of aromatic nitrogens is 2. The van der Waals surface area contributed by atoms with Crippen molar-refractivity contribution in [2.45, 2.75) is 37.8 Å². The van der Waals surface area contributed by atoms with Gasteiger partial charge in [-0.2, -0.15) is 0 Å². The van der Waals surface area contributed by atoms with Gasteiger partial charge < -0.3 is 5.73 Å². The molecule has 0 amide bonds. The standard InChI is InChI=1S/C16H21N3S/c1-11(2)8-13-9-15(17)19-16(18-13)10-20-14-7-5-4-6-12(14)3/h4-7,9,11H,8,10H2,1-3H3,(H2,17,18,19). The molecule has 0 spiro atoms. The topological polar surface area (TPSA) is 51.8 Å². The second-order valence-corrected chi connectivity index (χ2v) is 6.37. The number of benzene rings is 1. The van der Waals surface area contributed by atoms with Crippen molar-refractivity contribution < 1.29 is 0 Å². The highest BCUT2D eigenvalue weighted by Gasteiger charge is 2.06. The maximum Gasteiger partial charge on any atom is 0.141 e. The van der Waals surface area contributed by atoms with E-state index in [1.54, 1.807) is 11.8 Å². The number of nitrogens with zero attached hydrogens (tertiary/aromatic N) is 2. The number of hydrogen-bond acceptors (Lipinski definition) is 4. The highest BCUT2D eigenvalue weighted by atomic mass is 32.2. The molecule has 1 aromatic carbocycles. The van der Waals surface area contributed by atoms with E-state index in [4.69, 9.17) is 5.73 Å². The van der Waals surface area contributed by atoms with Crippen molar-refractivity contribution in [2.24, 2.45) is 5.92 Å². The molecule has 0 unspecified atom stereocenters.